The third-order valence-corrected chi connectivity index (χ3v) is 4.21. The second kappa shape index (κ2) is 4.47. The molecule has 0 saturated carbocycles. The summed E-state index contributed by atoms with van der Waals surface area (Å²) in [5.41, 5.74) is 5.52. The van der Waals surface area contributed by atoms with Crippen molar-refractivity contribution >= 4 is 11.3 Å². The molecule has 0 spiro atoms. The molecular weight excluding hydrogens is 204 g/mol. The molecule has 0 radical (unpaired) electrons. The Morgan fingerprint density at radius 1 is 1.73 bits per heavy atom. The van der Waals surface area contributed by atoms with Crippen LogP contribution in [0.15, 0.2) is 23.6 Å². The van der Waals surface area contributed by atoms with Crippen LogP contribution in [0.3, 0.4) is 0 Å². The van der Waals surface area contributed by atoms with Gasteiger partial charge in [0.15, 0.2) is 0 Å². The van der Waals surface area contributed by atoms with Crippen molar-refractivity contribution in [3.63, 3.8) is 0 Å². The first-order valence-corrected chi connectivity index (χ1v) is 6.29. The molecule has 0 aliphatic heterocycles. The van der Waals surface area contributed by atoms with Crippen molar-refractivity contribution in [2.45, 2.75) is 38.1 Å². The van der Waals surface area contributed by atoms with Gasteiger partial charge < -0.3 is 0 Å². The highest BCUT2D eigenvalue weighted by molar-refractivity contribution is 7.10. The first-order valence-electron chi connectivity index (χ1n) is 5.42. The van der Waals surface area contributed by atoms with E-state index in [2.05, 4.69) is 23.5 Å². The maximum atomic E-state index is 5.62. The lowest BCUT2D eigenvalue weighted by molar-refractivity contribution is 0.440. The van der Waals surface area contributed by atoms with Gasteiger partial charge in [0.2, 0.25) is 0 Å². The van der Waals surface area contributed by atoms with Gasteiger partial charge in [-0.25, -0.2) is 0 Å². The van der Waals surface area contributed by atoms with E-state index in [1.807, 2.05) is 18.3 Å². The van der Waals surface area contributed by atoms with Gasteiger partial charge in [0.05, 0.1) is 0 Å². The number of hydrazine groups is 1. The zero-order chi connectivity index (χ0) is 10.8. The molecule has 2 unspecified atom stereocenters. The Hall–Kier alpha value is -0.640. The minimum absolute atomic E-state index is 0.221. The zero-order valence-electron chi connectivity index (χ0n) is 9.12. The van der Waals surface area contributed by atoms with Crippen LogP contribution in [0, 0.1) is 0 Å². The maximum Gasteiger partial charge on any atom is 0.0483 e. The fourth-order valence-electron chi connectivity index (χ4n) is 2.47. The fraction of sp³-hybridized carbons (Fsp3) is 0.500. The highest BCUT2D eigenvalue weighted by atomic mass is 32.1. The Bertz CT molecular complexity index is 356. The largest absolute Gasteiger partial charge is 0.271 e. The van der Waals surface area contributed by atoms with E-state index >= 15 is 0 Å². The minimum Gasteiger partial charge on any atom is -0.271 e. The average Bonchev–Trinajstić information content (AvgIpc) is 2.66. The molecule has 1 heterocycles. The van der Waals surface area contributed by atoms with Crippen LogP contribution in [0.4, 0.5) is 0 Å². The van der Waals surface area contributed by atoms with E-state index in [0.717, 1.165) is 5.57 Å². The summed E-state index contributed by atoms with van der Waals surface area (Å²) in [5, 5.41) is 2.19. The van der Waals surface area contributed by atoms with Crippen LogP contribution in [0.25, 0.3) is 0 Å². The van der Waals surface area contributed by atoms with Crippen molar-refractivity contribution in [1.29, 1.82) is 0 Å². The van der Waals surface area contributed by atoms with Gasteiger partial charge >= 0.3 is 0 Å². The fourth-order valence-corrected chi connectivity index (χ4v) is 3.47. The lowest BCUT2D eigenvalue weighted by Gasteiger charge is -2.30. The summed E-state index contributed by atoms with van der Waals surface area (Å²) in [6, 6.07) is 2.47. The Morgan fingerprint density at radius 3 is 3.20 bits per heavy atom. The van der Waals surface area contributed by atoms with Crippen molar-refractivity contribution in [1.82, 2.24) is 5.43 Å². The molecule has 0 saturated heterocycles. The molecule has 2 atom stereocenters. The monoisotopic (exact) mass is 222 g/mol. The Kier molecular flexibility index (Phi) is 3.24. The number of aryl methyl sites for hydroxylation is 1. The van der Waals surface area contributed by atoms with Crippen LogP contribution >= 0.6 is 11.3 Å². The number of hydrogen-bond donors (Lipinski definition) is 2. The van der Waals surface area contributed by atoms with Crippen LogP contribution < -0.4 is 11.3 Å². The van der Waals surface area contributed by atoms with Gasteiger partial charge in [-0.1, -0.05) is 12.2 Å². The van der Waals surface area contributed by atoms with Crippen molar-refractivity contribution in [2.24, 2.45) is 5.84 Å². The number of nitrogens with two attached hydrogens (primary N) is 1. The third kappa shape index (κ3) is 2.00. The first kappa shape index (κ1) is 10.9. The highest BCUT2D eigenvalue weighted by Crippen LogP contribution is 2.38. The van der Waals surface area contributed by atoms with Gasteiger partial charge in [-0.05, 0) is 43.2 Å². The van der Waals surface area contributed by atoms with Crippen molar-refractivity contribution in [2.75, 3.05) is 0 Å². The van der Waals surface area contributed by atoms with E-state index in [0.29, 0.717) is 5.92 Å². The number of nitrogens with one attached hydrogen (secondary N) is 1. The number of fused-ring (bicyclic) bond motifs is 1. The van der Waals surface area contributed by atoms with Gasteiger partial charge in [0.1, 0.15) is 0 Å². The molecule has 0 amide bonds. The molecular formula is C12H18N2S. The lowest BCUT2D eigenvalue weighted by atomic mass is 9.80. The highest BCUT2D eigenvalue weighted by Gasteiger charge is 2.28. The minimum atomic E-state index is 0.221. The maximum absolute atomic E-state index is 5.62. The molecule has 1 aromatic rings. The van der Waals surface area contributed by atoms with Gasteiger partial charge in [0.25, 0.3) is 0 Å². The third-order valence-electron chi connectivity index (χ3n) is 3.21. The summed E-state index contributed by atoms with van der Waals surface area (Å²) in [5.74, 6) is 6.14. The van der Waals surface area contributed by atoms with Crippen LogP contribution in [-0.2, 0) is 6.42 Å². The van der Waals surface area contributed by atoms with E-state index in [-0.39, 0.29) is 6.04 Å². The predicted octanol–water partition coefficient (Wildman–Crippen LogP) is 2.58. The molecule has 0 fully saturated rings. The Labute approximate surface area is 95.2 Å². The van der Waals surface area contributed by atoms with Gasteiger partial charge in [0, 0.05) is 16.8 Å². The Balaban J connectivity index is 2.28. The smallest absolute Gasteiger partial charge is 0.0483 e. The van der Waals surface area contributed by atoms with Gasteiger partial charge in [-0.3, -0.25) is 11.3 Å². The predicted molar refractivity (Wildman–Crippen MR) is 65.9 cm³/mol. The standard InChI is InChI=1S/C12H18N2S/c1-8(2)12(14-13)10-4-3-5-11-9(10)6-7-15-11/h6-7,10,12,14H,1,3-5,13H2,2H3. The van der Waals surface area contributed by atoms with Crippen LogP contribution in [0.1, 0.15) is 36.1 Å². The number of thiophene rings is 1. The second-order valence-electron chi connectivity index (χ2n) is 4.29. The molecule has 1 aliphatic carbocycles. The van der Waals surface area contributed by atoms with Crippen molar-refractivity contribution in [3.05, 3.63) is 34.0 Å². The molecule has 2 rings (SSSR count). The molecule has 0 aromatic carbocycles. The molecule has 82 valence electrons. The SMILES string of the molecule is C=C(C)C(NN)C1CCCc2sccc21. The quantitative estimate of drug-likeness (QED) is 0.468. The van der Waals surface area contributed by atoms with E-state index in [1.165, 1.54) is 29.7 Å². The molecule has 0 bridgehead atoms. The normalized spacial score (nSPS) is 22.1. The topological polar surface area (TPSA) is 38.0 Å². The molecule has 1 aromatic heterocycles. The van der Waals surface area contributed by atoms with Crippen molar-refractivity contribution in [3.8, 4) is 0 Å². The summed E-state index contributed by atoms with van der Waals surface area (Å²) in [7, 11) is 0. The van der Waals surface area contributed by atoms with Crippen LogP contribution in [0.2, 0.25) is 0 Å². The summed E-state index contributed by atoms with van der Waals surface area (Å²) < 4.78 is 0. The summed E-state index contributed by atoms with van der Waals surface area (Å²) in [6.45, 7) is 6.07. The van der Waals surface area contributed by atoms with E-state index in [4.69, 9.17) is 5.84 Å². The zero-order valence-corrected chi connectivity index (χ0v) is 9.94. The van der Waals surface area contributed by atoms with E-state index in [1.54, 1.807) is 0 Å². The summed E-state index contributed by atoms with van der Waals surface area (Å²) in [4.78, 5) is 1.53. The van der Waals surface area contributed by atoms with Crippen molar-refractivity contribution < 1.29 is 0 Å². The average molecular weight is 222 g/mol. The molecule has 15 heavy (non-hydrogen) atoms. The molecule has 2 nitrogen and oxygen atoms in total. The van der Waals surface area contributed by atoms with Crippen LogP contribution in [0.5, 0.6) is 0 Å². The molecule has 1 aliphatic rings. The summed E-state index contributed by atoms with van der Waals surface area (Å²) >= 11 is 1.87. The number of rotatable bonds is 3. The summed E-state index contributed by atoms with van der Waals surface area (Å²) in [6.07, 6.45) is 3.71. The van der Waals surface area contributed by atoms with Gasteiger partial charge in [-0.2, -0.15) is 0 Å². The number of hydrogen-bond acceptors (Lipinski definition) is 3. The van der Waals surface area contributed by atoms with Crippen LogP contribution in [-0.4, -0.2) is 6.04 Å². The lowest BCUT2D eigenvalue weighted by Crippen LogP contribution is -2.41. The van der Waals surface area contributed by atoms with Gasteiger partial charge in [-0.15, -0.1) is 11.3 Å². The Morgan fingerprint density at radius 2 is 2.53 bits per heavy atom. The molecule has 3 heteroatoms. The van der Waals surface area contributed by atoms with E-state index < -0.39 is 0 Å². The van der Waals surface area contributed by atoms with E-state index in [9.17, 15) is 0 Å². The first-order chi connectivity index (χ1) is 7.24. The second-order valence-corrected chi connectivity index (χ2v) is 5.29. The molecule has 3 N–H and O–H groups in total.